The number of para-hydroxylation sites is 1. The van der Waals surface area contributed by atoms with Gasteiger partial charge in [-0.2, -0.15) is 13.2 Å². The van der Waals surface area contributed by atoms with Crippen molar-refractivity contribution < 1.29 is 23.4 Å². The number of H-pyrrole nitrogens is 1. The van der Waals surface area contributed by atoms with E-state index < -0.39 is 18.4 Å². The van der Waals surface area contributed by atoms with Gasteiger partial charge in [0.25, 0.3) is 0 Å². The number of hydrogen-bond donors (Lipinski definition) is 3. The molecule has 0 fully saturated rings. The maximum atomic E-state index is 12.8. The molecule has 6 heteroatoms. The van der Waals surface area contributed by atoms with Gasteiger partial charge in [0.05, 0.1) is 6.61 Å². The molecule has 0 amide bonds. The number of nitrogens with one attached hydrogen (secondary N) is 1. The highest BCUT2D eigenvalue weighted by Crippen LogP contribution is 2.41. The van der Waals surface area contributed by atoms with Gasteiger partial charge in [-0.1, -0.05) is 18.2 Å². The summed E-state index contributed by atoms with van der Waals surface area (Å²) in [6, 6.07) is 6.27. The second-order valence-electron chi connectivity index (χ2n) is 3.76. The van der Waals surface area contributed by atoms with Crippen molar-refractivity contribution in [2.24, 2.45) is 0 Å². The van der Waals surface area contributed by atoms with Gasteiger partial charge in [-0.05, 0) is 6.07 Å². The Balaban J connectivity index is 2.66. The molecular weight excluding hydrogens is 235 g/mol. The van der Waals surface area contributed by atoms with Crippen molar-refractivity contribution in [1.29, 1.82) is 0 Å². The van der Waals surface area contributed by atoms with Crippen molar-refractivity contribution in [1.82, 2.24) is 4.98 Å². The van der Waals surface area contributed by atoms with Gasteiger partial charge in [-0.3, -0.25) is 0 Å². The third-order valence-corrected chi connectivity index (χ3v) is 2.73. The zero-order chi connectivity index (χ0) is 12.7. The Bertz CT molecular complexity index is 535. The molecule has 92 valence electrons. The van der Waals surface area contributed by atoms with Crippen LogP contribution in [0.2, 0.25) is 0 Å². The Hall–Kier alpha value is -1.53. The summed E-state index contributed by atoms with van der Waals surface area (Å²) in [5.41, 5.74) is -3.14. The number of alkyl halides is 3. The lowest BCUT2D eigenvalue weighted by atomic mass is 9.93. The Morgan fingerprint density at radius 3 is 2.41 bits per heavy atom. The molecule has 0 spiro atoms. The molecule has 0 aliphatic heterocycles. The van der Waals surface area contributed by atoms with Crippen LogP contribution in [0.3, 0.4) is 0 Å². The summed E-state index contributed by atoms with van der Waals surface area (Å²) in [5, 5.41) is 18.7. The zero-order valence-corrected chi connectivity index (χ0v) is 8.62. The number of benzene rings is 1. The third-order valence-electron chi connectivity index (χ3n) is 2.73. The predicted molar refractivity (Wildman–Crippen MR) is 55.3 cm³/mol. The molecular formula is C11H10F3NO2. The first-order valence-electron chi connectivity index (χ1n) is 4.87. The van der Waals surface area contributed by atoms with Crippen LogP contribution in [-0.4, -0.2) is 28.0 Å². The van der Waals surface area contributed by atoms with Crippen LogP contribution in [0.4, 0.5) is 13.2 Å². The summed E-state index contributed by atoms with van der Waals surface area (Å²) >= 11 is 0. The van der Waals surface area contributed by atoms with E-state index in [4.69, 9.17) is 5.11 Å². The van der Waals surface area contributed by atoms with Crippen LogP contribution >= 0.6 is 0 Å². The number of aliphatic hydroxyl groups is 2. The summed E-state index contributed by atoms with van der Waals surface area (Å²) in [5.74, 6) is 0. The third kappa shape index (κ3) is 1.69. The van der Waals surface area contributed by atoms with E-state index >= 15 is 0 Å². The van der Waals surface area contributed by atoms with E-state index in [1.807, 2.05) is 0 Å². The molecule has 0 saturated heterocycles. The first kappa shape index (κ1) is 11.9. The Morgan fingerprint density at radius 2 is 1.82 bits per heavy atom. The van der Waals surface area contributed by atoms with E-state index in [1.54, 1.807) is 18.2 Å². The number of hydrogen-bond acceptors (Lipinski definition) is 2. The summed E-state index contributed by atoms with van der Waals surface area (Å²) < 4.78 is 38.3. The van der Waals surface area contributed by atoms with Crippen LogP contribution in [0.25, 0.3) is 10.9 Å². The van der Waals surface area contributed by atoms with E-state index in [1.165, 1.54) is 6.07 Å². The van der Waals surface area contributed by atoms with Gasteiger partial charge in [0.1, 0.15) is 0 Å². The topological polar surface area (TPSA) is 56.2 Å². The molecule has 1 heterocycles. The standard InChI is InChI=1S/C11H10F3NO2/c12-11(13,14)10(17,6-16)8-5-15-9-4-2-1-3-7(8)9/h1-5,15-17H,6H2. The lowest BCUT2D eigenvalue weighted by Gasteiger charge is -2.28. The van der Waals surface area contributed by atoms with Gasteiger partial charge in [-0.25, -0.2) is 0 Å². The van der Waals surface area contributed by atoms with E-state index in [2.05, 4.69) is 4.98 Å². The van der Waals surface area contributed by atoms with Crippen molar-refractivity contribution in [3.8, 4) is 0 Å². The maximum Gasteiger partial charge on any atom is 0.423 e. The number of halogens is 3. The second kappa shape index (κ2) is 3.75. The van der Waals surface area contributed by atoms with Crippen LogP contribution < -0.4 is 0 Å². The quantitative estimate of drug-likeness (QED) is 0.757. The molecule has 2 aromatic rings. The Morgan fingerprint density at radius 1 is 1.18 bits per heavy atom. The molecule has 3 nitrogen and oxygen atoms in total. The summed E-state index contributed by atoms with van der Waals surface area (Å²) in [6.07, 6.45) is -3.87. The van der Waals surface area contributed by atoms with Crippen molar-refractivity contribution in [3.63, 3.8) is 0 Å². The van der Waals surface area contributed by atoms with Crippen LogP contribution in [0.1, 0.15) is 5.56 Å². The normalized spacial score (nSPS) is 16.1. The fourth-order valence-corrected chi connectivity index (χ4v) is 1.74. The lowest BCUT2D eigenvalue weighted by molar-refractivity contribution is -0.277. The van der Waals surface area contributed by atoms with Crippen molar-refractivity contribution in [2.75, 3.05) is 6.61 Å². The molecule has 0 aliphatic carbocycles. The monoisotopic (exact) mass is 245 g/mol. The van der Waals surface area contributed by atoms with E-state index in [9.17, 15) is 18.3 Å². The molecule has 1 aromatic carbocycles. The molecule has 0 bridgehead atoms. The second-order valence-corrected chi connectivity index (χ2v) is 3.76. The summed E-state index contributed by atoms with van der Waals surface area (Å²) in [7, 11) is 0. The molecule has 3 N–H and O–H groups in total. The average Bonchev–Trinajstić information content (AvgIpc) is 2.70. The first-order valence-corrected chi connectivity index (χ1v) is 4.87. The van der Waals surface area contributed by atoms with Crippen molar-refractivity contribution >= 4 is 10.9 Å². The molecule has 1 unspecified atom stereocenters. The van der Waals surface area contributed by atoms with Gasteiger partial charge < -0.3 is 15.2 Å². The minimum absolute atomic E-state index is 0.237. The predicted octanol–water partition coefficient (Wildman–Crippen LogP) is 1.91. The molecule has 17 heavy (non-hydrogen) atoms. The molecule has 2 rings (SSSR count). The SMILES string of the molecule is OCC(O)(c1c[nH]c2ccccc12)C(F)(F)F. The van der Waals surface area contributed by atoms with Crippen LogP contribution in [0, 0.1) is 0 Å². The fourth-order valence-electron chi connectivity index (χ4n) is 1.74. The van der Waals surface area contributed by atoms with E-state index in [-0.39, 0.29) is 10.9 Å². The average molecular weight is 245 g/mol. The van der Waals surface area contributed by atoms with Gasteiger partial charge in [0.2, 0.25) is 5.60 Å². The van der Waals surface area contributed by atoms with E-state index in [0.717, 1.165) is 6.20 Å². The smallest absolute Gasteiger partial charge is 0.393 e. The van der Waals surface area contributed by atoms with Crippen LogP contribution in [-0.2, 0) is 5.60 Å². The van der Waals surface area contributed by atoms with Crippen molar-refractivity contribution in [3.05, 3.63) is 36.0 Å². The lowest BCUT2D eigenvalue weighted by Crippen LogP contribution is -2.45. The zero-order valence-electron chi connectivity index (χ0n) is 8.62. The Labute approximate surface area is 94.5 Å². The van der Waals surface area contributed by atoms with Gasteiger partial charge in [0, 0.05) is 22.7 Å². The molecule has 1 atom stereocenters. The molecule has 0 saturated carbocycles. The van der Waals surface area contributed by atoms with Gasteiger partial charge >= 0.3 is 6.18 Å². The number of aliphatic hydroxyl groups excluding tert-OH is 1. The highest BCUT2D eigenvalue weighted by Gasteiger charge is 2.55. The molecule has 0 aliphatic rings. The Kier molecular flexibility index (Phi) is 2.63. The molecule has 1 aromatic heterocycles. The van der Waals surface area contributed by atoms with Crippen LogP contribution in [0.15, 0.2) is 30.5 Å². The number of aromatic nitrogens is 1. The van der Waals surface area contributed by atoms with Crippen molar-refractivity contribution in [2.45, 2.75) is 11.8 Å². The number of aromatic amines is 1. The number of rotatable bonds is 2. The first-order chi connectivity index (χ1) is 7.90. The fraction of sp³-hybridized carbons (Fsp3) is 0.273. The van der Waals surface area contributed by atoms with E-state index in [0.29, 0.717) is 5.52 Å². The van der Waals surface area contributed by atoms with Gasteiger partial charge in [-0.15, -0.1) is 0 Å². The summed E-state index contributed by atoms with van der Waals surface area (Å²) in [6.45, 7) is -1.42. The van der Waals surface area contributed by atoms with Crippen LogP contribution in [0.5, 0.6) is 0 Å². The maximum absolute atomic E-state index is 12.8. The largest absolute Gasteiger partial charge is 0.423 e. The summed E-state index contributed by atoms with van der Waals surface area (Å²) in [4.78, 5) is 2.63. The highest BCUT2D eigenvalue weighted by atomic mass is 19.4. The molecule has 0 radical (unpaired) electrons. The highest BCUT2D eigenvalue weighted by molar-refractivity contribution is 5.84. The minimum atomic E-state index is -4.94. The number of fused-ring (bicyclic) bond motifs is 1. The van der Waals surface area contributed by atoms with Gasteiger partial charge in [0.15, 0.2) is 0 Å². The minimum Gasteiger partial charge on any atom is -0.393 e.